The van der Waals surface area contributed by atoms with Gasteiger partial charge >= 0.3 is 0 Å². The van der Waals surface area contributed by atoms with Crippen LogP contribution in [0.2, 0.25) is 0 Å². The quantitative estimate of drug-likeness (QED) is 0.823. The van der Waals surface area contributed by atoms with E-state index in [2.05, 4.69) is 34.0 Å². The molecule has 0 aromatic carbocycles. The van der Waals surface area contributed by atoms with E-state index in [-0.39, 0.29) is 5.60 Å². The molecule has 3 rings (SSSR count). The number of nitrogens with zero attached hydrogens (tertiary/aromatic N) is 5. The van der Waals surface area contributed by atoms with Gasteiger partial charge in [-0.05, 0) is 31.7 Å². The molecule has 0 N–H and O–H groups in total. The summed E-state index contributed by atoms with van der Waals surface area (Å²) in [6.45, 7) is 12.0. The monoisotopic (exact) mass is 321 g/mol. The molecule has 1 spiro atoms. The first-order chi connectivity index (χ1) is 11.0. The highest BCUT2D eigenvalue weighted by atomic mass is 16.5. The summed E-state index contributed by atoms with van der Waals surface area (Å²) in [5.74, 6) is 0.780. The molecular weight excluding hydrogens is 290 g/mol. The summed E-state index contributed by atoms with van der Waals surface area (Å²) in [5, 5.41) is 8.22. The summed E-state index contributed by atoms with van der Waals surface area (Å²) in [6.07, 6.45) is 5.56. The number of likely N-dealkylation sites (tertiary alicyclic amines) is 1. The maximum absolute atomic E-state index is 6.25. The summed E-state index contributed by atoms with van der Waals surface area (Å²) in [4.78, 5) is 5.09. The second-order valence-corrected chi connectivity index (χ2v) is 7.65. The number of hydrogen-bond acceptors (Lipinski definition) is 5. The molecular formula is C17H31N5O. The minimum absolute atomic E-state index is 0.0914. The lowest BCUT2D eigenvalue weighted by atomic mass is 9.89. The molecule has 0 aliphatic carbocycles. The van der Waals surface area contributed by atoms with Gasteiger partial charge < -0.3 is 4.74 Å². The molecule has 1 aromatic rings. The van der Waals surface area contributed by atoms with Crippen LogP contribution in [-0.2, 0) is 18.3 Å². The van der Waals surface area contributed by atoms with E-state index in [4.69, 9.17) is 4.74 Å². The molecule has 0 unspecified atom stereocenters. The second-order valence-electron chi connectivity index (χ2n) is 7.65. The first-order valence-electron chi connectivity index (χ1n) is 8.99. The number of morpholine rings is 1. The Labute approximate surface area is 139 Å². The van der Waals surface area contributed by atoms with Crippen molar-refractivity contribution in [2.24, 2.45) is 13.0 Å². The van der Waals surface area contributed by atoms with Crippen LogP contribution in [0.5, 0.6) is 0 Å². The lowest BCUT2D eigenvalue weighted by Crippen LogP contribution is -2.56. The number of aromatic nitrogens is 3. The Morgan fingerprint density at radius 3 is 2.65 bits per heavy atom. The van der Waals surface area contributed by atoms with Crippen LogP contribution in [0.1, 0.15) is 38.8 Å². The van der Waals surface area contributed by atoms with Gasteiger partial charge in [0.2, 0.25) is 0 Å². The lowest BCUT2D eigenvalue weighted by Gasteiger charge is -2.47. The van der Waals surface area contributed by atoms with E-state index in [1.54, 1.807) is 4.68 Å². The van der Waals surface area contributed by atoms with Gasteiger partial charge in [-0.3, -0.25) is 14.5 Å². The van der Waals surface area contributed by atoms with Gasteiger partial charge in [0.1, 0.15) is 0 Å². The summed E-state index contributed by atoms with van der Waals surface area (Å²) in [6, 6.07) is 0. The normalized spacial score (nSPS) is 23.0. The standard InChI is InChI=1S/C17H31N5O/c1-15(2)4-7-22-10-11-23-17(14-22)5-8-21(9-6-17)13-16-12-20(3)19-18-16/h12,15H,4-11,13-14H2,1-3H3. The lowest BCUT2D eigenvalue weighted by molar-refractivity contribution is -0.136. The Morgan fingerprint density at radius 2 is 2.00 bits per heavy atom. The summed E-state index contributed by atoms with van der Waals surface area (Å²) < 4.78 is 8.02. The molecule has 130 valence electrons. The van der Waals surface area contributed by atoms with Crippen molar-refractivity contribution >= 4 is 0 Å². The SMILES string of the molecule is CC(C)CCN1CCOC2(CCN(Cc3cn(C)nn3)CC2)C1. The number of hydrogen-bond donors (Lipinski definition) is 0. The average molecular weight is 321 g/mol. The Balaban J connectivity index is 1.48. The minimum atomic E-state index is 0.0914. The first kappa shape index (κ1) is 16.9. The van der Waals surface area contributed by atoms with Gasteiger partial charge in [0.15, 0.2) is 0 Å². The van der Waals surface area contributed by atoms with E-state index in [1.807, 2.05) is 13.2 Å². The molecule has 6 nitrogen and oxygen atoms in total. The molecule has 0 bridgehead atoms. The Morgan fingerprint density at radius 1 is 1.22 bits per heavy atom. The minimum Gasteiger partial charge on any atom is -0.372 e. The smallest absolute Gasteiger partial charge is 0.0967 e. The van der Waals surface area contributed by atoms with Crippen molar-refractivity contribution in [3.63, 3.8) is 0 Å². The molecule has 2 aliphatic heterocycles. The van der Waals surface area contributed by atoms with Gasteiger partial charge in [0, 0.05) is 46.0 Å². The van der Waals surface area contributed by atoms with E-state index >= 15 is 0 Å². The van der Waals surface area contributed by atoms with Gasteiger partial charge in [-0.15, -0.1) is 5.10 Å². The van der Waals surface area contributed by atoms with Gasteiger partial charge in [-0.2, -0.15) is 0 Å². The highest BCUT2D eigenvalue weighted by Crippen LogP contribution is 2.30. The molecule has 2 fully saturated rings. The van der Waals surface area contributed by atoms with Crippen LogP contribution in [0.15, 0.2) is 6.20 Å². The summed E-state index contributed by atoms with van der Waals surface area (Å²) >= 11 is 0. The zero-order valence-electron chi connectivity index (χ0n) is 14.9. The largest absolute Gasteiger partial charge is 0.372 e. The molecule has 2 aliphatic rings. The van der Waals surface area contributed by atoms with Crippen molar-refractivity contribution in [2.75, 3.05) is 39.3 Å². The van der Waals surface area contributed by atoms with Crippen molar-refractivity contribution in [1.82, 2.24) is 24.8 Å². The predicted molar refractivity (Wildman–Crippen MR) is 90.1 cm³/mol. The van der Waals surface area contributed by atoms with Crippen LogP contribution in [0, 0.1) is 5.92 Å². The Kier molecular flexibility index (Phi) is 5.34. The maximum Gasteiger partial charge on any atom is 0.0967 e. The van der Waals surface area contributed by atoms with E-state index in [1.165, 1.54) is 13.0 Å². The third-order valence-corrected chi connectivity index (χ3v) is 5.15. The zero-order chi connectivity index (χ0) is 16.3. The Bertz CT molecular complexity index is 493. The van der Waals surface area contributed by atoms with Gasteiger partial charge in [0.05, 0.1) is 17.9 Å². The van der Waals surface area contributed by atoms with Crippen LogP contribution in [0.3, 0.4) is 0 Å². The second kappa shape index (κ2) is 7.28. The summed E-state index contributed by atoms with van der Waals surface area (Å²) in [7, 11) is 1.92. The average Bonchev–Trinajstić information content (AvgIpc) is 2.93. The highest BCUT2D eigenvalue weighted by Gasteiger charge is 2.39. The van der Waals surface area contributed by atoms with Crippen molar-refractivity contribution < 1.29 is 4.74 Å². The van der Waals surface area contributed by atoms with Crippen molar-refractivity contribution in [1.29, 1.82) is 0 Å². The number of ether oxygens (including phenoxy) is 1. The third kappa shape index (κ3) is 4.52. The fourth-order valence-corrected chi connectivity index (χ4v) is 3.67. The number of aryl methyl sites for hydroxylation is 1. The maximum atomic E-state index is 6.25. The molecule has 0 amide bonds. The molecule has 0 saturated carbocycles. The van der Waals surface area contributed by atoms with Gasteiger partial charge in [0.25, 0.3) is 0 Å². The molecule has 1 aromatic heterocycles. The molecule has 0 atom stereocenters. The van der Waals surface area contributed by atoms with Crippen molar-refractivity contribution in [3.8, 4) is 0 Å². The Hall–Kier alpha value is -0.980. The number of piperidine rings is 1. The van der Waals surface area contributed by atoms with Crippen LogP contribution in [0.4, 0.5) is 0 Å². The van der Waals surface area contributed by atoms with Crippen LogP contribution in [-0.4, -0.2) is 69.7 Å². The van der Waals surface area contributed by atoms with Crippen molar-refractivity contribution in [3.05, 3.63) is 11.9 Å². The van der Waals surface area contributed by atoms with Gasteiger partial charge in [-0.25, -0.2) is 0 Å². The number of rotatable bonds is 5. The predicted octanol–water partition coefficient (Wildman–Crippen LogP) is 1.53. The van der Waals surface area contributed by atoms with E-state index < -0.39 is 0 Å². The fourth-order valence-electron chi connectivity index (χ4n) is 3.67. The molecule has 6 heteroatoms. The van der Waals surface area contributed by atoms with Crippen LogP contribution >= 0.6 is 0 Å². The van der Waals surface area contributed by atoms with Gasteiger partial charge in [-0.1, -0.05) is 19.1 Å². The van der Waals surface area contributed by atoms with Crippen molar-refractivity contribution in [2.45, 2.75) is 45.3 Å². The molecule has 0 radical (unpaired) electrons. The van der Waals surface area contributed by atoms with E-state index in [0.717, 1.165) is 63.8 Å². The van der Waals surface area contributed by atoms with Crippen LogP contribution in [0.25, 0.3) is 0 Å². The molecule has 23 heavy (non-hydrogen) atoms. The van der Waals surface area contributed by atoms with E-state index in [9.17, 15) is 0 Å². The van der Waals surface area contributed by atoms with E-state index in [0.29, 0.717) is 0 Å². The first-order valence-corrected chi connectivity index (χ1v) is 8.99. The molecule has 2 saturated heterocycles. The highest BCUT2D eigenvalue weighted by molar-refractivity contribution is 4.96. The topological polar surface area (TPSA) is 46.4 Å². The zero-order valence-corrected chi connectivity index (χ0v) is 14.9. The third-order valence-electron chi connectivity index (χ3n) is 5.15. The molecule has 3 heterocycles. The summed E-state index contributed by atoms with van der Waals surface area (Å²) in [5.41, 5.74) is 1.15. The van der Waals surface area contributed by atoms with Crippen LogP contribution < -0.4 is 0 Å². The fraction of sp³-hybridized carbons (Fsp3) is 0.882.